The van der Waals surface area contributed by atoms with E-state index in [0.717, 1.165) is 24.8 Å². The second-order valence-electron chi connectivity index (χ2n) is 10.4. The van der Waals surface area contributed by atoms with Crippen molar-refractivity contribution in [3.8, 4) is 11.5 Å². The molecule has 4 aromatic rings. The van der Waals surface area contributed by atoms with E-state index in [0.29, 0.717) is 45.9 Å². The molecule has 1 aliphatic heterocycles. The fourth-order valence-corrected chi connectivity index (χ4v) is 6.52. The lowest BCUT2D eigenvalue weighted by molar-refractivity contribution is -0.132. The Bertz CT molecular complexity index is 1620. The van der Waals surface area contributed by atoms with Gasteiger partial charge in [0.2, 0.25) is 5.13 Å². The fourth-order valence-electron chi connectivity index (χ4n) is 4.70. The van der Waals surface area contributed by atoms with Crippen LogP contribution in [-0.4, -0.2) is 40.2 Å². The van der Waals surface area contributed by atoms with E-state index >= 15 is 0 Å². The van der Waals surface area contributed by atoms with Crippen molar-refractivity contribution in [3.63, 3.8) is 0 Å². The number of benzene rings is 3. The Morgan fingerprint density at radius 1 is 0.886 bits per heavy atom. The van der Waals surface area contributed by atoms with Crippen LogP contribution >= 0.6 is 23.1 Å². The van der Waals surface area contributed by atoms with Crippen molar-refractivity contribution in [2.75, 3.05) is 18.1 Å². The van der Waals surface area contributed by atoms with Crippen molar-refractivity contribution >= 4 is 45.7 Å². The number of ketones is 1. The maximum Gasteiger partial charge on any atom is 0.301 e. The number of anilines is 1. The highest BCUT2D eigenvalue weighted by atomic mass is 32.2. The van der Waals surface area contributed by atoms with Gasteiger partial charge in [-0.15, -0.1) is 10.2 Å². The number of aliphatic hydroxyl groups is 1. The van der Waals surface area contributed by atoms with E-state index < -0.39 is 17.7 Å². The molecule has 10 heteroatoms. The molecule has 1 aromatic heterocycles. The van der Waals surface area contributed by atoms with Gasteiger partial charge < -0.3 is 14.6 Å². The summed E-state index contributed by atoms with van der Waals surface area (Å²) in [6.45, 7) is 7.33. The van der Waals surface area contributed by atoms with Crippen LogP contribution in [-0.2, 0) is 15.3 Å². The smallest absolute Gasteiger partial charge is 0.301 e. The third kappa shape index (κ3) is 7.14. The topological polar surface area (TPSA) is 102 Å². The number of rotatable bonds is 13. The van der Waals surface area contributed by atoms with E-state index in [1.807, 2.05) is 13.8 Å². The van der Waals surface area contributed by atoms with E-state index in [1.165, 1.54) is 33.6 Å². The van der Waals surface area contributed by atoms with Gasteiger partial charge in [0.1, 0.15) is 17.3 Å². The van der Waals surface area contributed by atoms with Crippen molar-refractivity contribution < 1.29 is 24.2 Å². The molecule has 0 spiro atoms. The summed E-state index contributed by atoms with van der Waals surface area (Å²) in [6, 6.07) is 21.4. The molecule has 228 valence electrons. The van der Waals surface area contributed by atoms with Crippen LogP contribution in [0, 0.1) is 6.92 Å². The Morgan fingerprint density at radius 2 is 1.55 bits per heavy atom. The van der Waals surface area contributed by atoms with E-state index in [1.54, 1.807) is 48.5 Å². The Labute approximate surface area is 265 Å². The zero-order valence-electron chi connectivity index (χ0n) is 25.0. The number of aryl methyl sites for hydroxylation is 1. The zero-order chi connectivity index (χ0) is 31.1. The summed E-state index contributed by atoms with van der Waals surface area (Å²) < 4.78 is 12.2. The molecular weight excluding hydrogens is 595 g/mol. The minimum Gasteiger partial charge on any atom is -0.507 e. The van der Waals surface area contributed by atoms with Crippen LogP contribution < -0.4 is 14.4 Å². The molecule has 0 saturated carbocycles. The van der Waals surface area contributed by atoms with E-state index in [2.05, 4.69) is 41.4 Å². The van der Waals surface area contributed by atoms with Crippen LogP contribution in [0.4, 0.5) is 5.13 Å². The highest BCUT2D eigenvalue weighted by Crippen LogP contribution is 2.44. The maximum atomic E-state index is 13.6. The van der Waals surface area contributed by atoms with Crippen LogP contribution in [0.15, 0.2) is 82.7 Å². The molecule has 1 aliphatic rings. The number of Topliss-reactive ketones (excluding diaryl/α,β-unsaturated/α-hetero) is 1. The van der Waals surface area contributed by atoms with E-state index in [-0.39, 0.29) is 16.5 Å². The number of hydrogen-bond acceptors (Lipinski definition) is 9. The monoisotopic (exact) mass is 629 g/mol. The first-order valence-electron chi connectivity index (χ1n) is 14.7. The van der Waals surface area contributed by atoms with Gasteiger partial charge in [-0.2, -0.15) is 0 Å². The second kappa shape index (κ2) is 14.5. The highest BCUT2D eigenvalue weighted by Gasteiger charge is 2.48. The lowest BCUT2D eigenvalue weighted by Gasteiger charge is -2.22. The van der Waals surface area contributed by atoms with E-state index in [9.17, 15) is 14.7 Å². The molecule has 1 fully saturated rings. The van der Waals surface area contributed by atoms with Crippen molar-refractivity contribution in [1.82, 2.24) is 10.2 Å². The Kier molecular flexibility index (Phi) is 10.3. The number of nitrogens with zero attached hydrogens (tertiary/aromatic N) is 3. The SMILES string of the molecule is CCCCOc1ccc(C(O)=C2C(=O)C(=O)N(c3nnc(SCc4ccc(C)cc4)s3)[C@H]2c2ccc(OCCC)cc2)cc1. The maximum absolute atomic E-state index is 13.6. The minimum atomic E-state index is -0.904. The minimum absolute atomic E-state index is 0.0130. The number of carbonyl (C=O) groups is 2. The zero-order valence-corrected chi connectivity index (χ0v) is 26.6. The fraction of sp³-hybridized carbons (Fsp3) is 0.294. The average molecular weight is 630 g/mol. The third-order valence-electron chi connectivity index (χ3n) is 7.09. The molecule has 0 unspecified atom stereocenters. The number of ether oxygens (including phenoxy) is 2. The van der Waals surface area contributed by atoms with Gasteiger partial charge in [0.25, 0.3) is 5.78 Å². The number of carbonyl (C=O) groups excluding carboxylic acids is 2. The van der Waals surface area contributed by atoms with Gasteiger partial charge in [-0.1, -0.05) is 85.3 Å². The van der Waals surface area contributed by atoms with Crippen LogP contribution in [0.5, 0.6) is 11.5 Å². The Morgan fingerprint density at radius 3 is 2.20 bits per heavy atom. The van der Waals surface area contributed by atoms with Gasteiger partial charge in [-0.25, -0.2) is 0 Å². The van der Waals surface area contributed by atoms with Crippen LogP contribution in [0.1, 0.15) is 61.4 Å². The number of aromatic nitrogens is 2. The van der Waals surface area contributed by atoms with E-state index in [4.69, 9.17) is 9.47 Å². The summed E-state index contributed by atoms with van der Waals surface area (Å²) in [5.41, 5.74) is 3.36. The van der Waals surface area contributed by atoms with Gasteiger partial charge in [0, 0.05) is 11.3 Å². The first-order valence-corrected chi connectivity index (χ1v) is 16.5. The molecule has 0 radical (unpaired) electrons. The molecule has 5 rings (SSSR count). The van der Waals surface area contributed by atoms with Crippen molar-refractivity contribution in [2.45, 2.75) is 56.2 Å². The number of amides is 1. The molecule has 0 bridgehead atoms. The number of thioether (sulfide) groups is 1. The summed E-state index contributed by atoms with van der Waals surface area (Å²) in [4.78, 5) is 28.5. The standard InChI is InChI=1S/C34H35N3O5S2/c1-4-6-20-42-27-17-13-25(14-18-27)30(38)28-29(24-11-15-26(16-12-24)41-19-5-2)37(32(40)31(28)39)33-35-36-34(44-33)43-21-23-9-7-22(3)8-10-23/h7-18,29,38H,4-6,19-21H2,1-3H3/t29-/m0/s1. The molecule has 1 saturated heterocycles. The molecule has 0 aliphatic carbocycles. The number of unbranched alkanes of at least 4 members (excludes halogenated alkanes) is 1. The first kappa shape index (κ1) is 31.3. The van der Waals surface area contributed by atoms with Gasteiger partial charge in [-0.3, -0.25) is 14.5 Å². The molecule has 1 amide bonds. The Hall–Kier alpha value is -4.15. The molecule has 1 N–H and O–H groups in total. The predicted molar refractivity (Wildman–Crippen MR) is 175 cm³/mol. The van der Waals surface area contributed by atoms with Gasteiger partial charge in [-0.05, 0) is 67.3 Å². The summed E-state index contributed by atoms with van der Waals surface area (Å²) >= 11 is 2.75. The summed E-state index contributed by atoms with van der Waals surface area (Å²) in [6.07, 6.45) is 2.82. The normalized spacial score (nSPS) is 16.0. The predicted octanol–water partition coefficient (Wildman–Crippen LogP) is 7.73. The quantitative estimate of drug-likeness (QED) is 0.0400. The molecule has 1 atom stereocenters. The van der Waals surface area contributed by atoms with Gasteiger partial charge in [0.15, 0.2) is 4.34 Å². The molecule has 3 aromatic carbocycles. The first-order chi connectivity index (χ1) is 21.4. The molecule has 2 heterocycles. The van der Waals surface area contributed by atoms with Crippen molar-refractivity contribution in [1.29, 1.82) is 0 Å². The van der Waals surface area contributed by atoms with Crippen LogP contribution in [0.3, 0.4) is 0 Å². The summed E-state index contributed by atoms with van der Waals surface area (Å²) in [5, 5.41) is 20.4. The largest absolute Gasteiger partial charge is 0.507 e. The summed E-state index contributed by atoms with van der Waals surface area (Å²) in [5.74, 6) is 0.214. The lowest BCUT2D eigenvalue weighted by atomic mass is 9.95. The highest BCUT2D eigenvalue weighted by molar-refractivity contribution is 8.00. The van der Waals surface area contributed by atoms with Gasteiger partial charge in [0.05, 0.1) is 24.8 Å². The van der Waals surface area contributed by atoms with Crippen molar-refractivity contribution in [2.24, 2.45) is 0 Å². The summed E-state index contributed by atoms with van der Waals surface area (Å²) in [7, 11) is 0. The van der Waals surface area contributed by atoms with Crippen molar-refractivity contribution in [3.05, 3.63) is 101 Å². The van der Waals surface area contributed by atoms with Crippen LogP contribution in [0.25, 0.3) is 5.76 Å². The third-order valence-corrected chi connectivity index (χ3v) is 9.22. The second-order valence-corrected chi connectivity index (χ2v) is 12.6. The van der Waals surface area contributed by atoms with Crippen LogP contribution in [0.2, 0.25) is 0 Å². The Balaban J connectivity index is 1.48. The molecule has 8 nitrogen and oxygen atoms in total. The lowest BCUT2D eigenvalue weighted by Crippen LogP contribution is -2.29. The van der Waals surface area contributed by atoms with Gasteiger partial charge >= 0.3 is 5.91 Å². The number of hydrogen-bond donors (Lipinski definition) is 1. The number of aliphatic hydroxyl groups excluding tert-OH is 1. The molecular formula is C34H35N3O5S2. The molecule has 44 heavy (non-hydrogen) atoms. The average Bonchev–Trinajstić information content (AvgIpc) is 3.61.